The second kappa shape index (κ2) is 9.06. The molecule has 29 heavy (non-hydrogen) atoms. The predicted octanol–water partition coefficient (Wildman–Crippen LogP) is 2.50. The molecule has 0 saturated carbocycles. The van der Waals surface area contributed by atoms with Crippen molar-refractivity contribution in [1.82, 2.24) is 10.0 Å². The van der Waals surface area contributed by atoms with E-state index in [0.717, 1.165) is 5.56 Å². The van der Waals surface area contributed by atoms with Gasteiger partial charge >= 0.3 is 6.03 Å². The number of nitrogens with one attached hydrogen (secondary N) is 3. The summed E-state index contributed by atoms with van der Waals surface area (Å²) in [4.78, 5) is 23.8. The first-order valence-corrected chi connectivity index (χ1v) is 10.5. The number of anilines is 1. The SMILES string of the molecule is CC(C)(C)NS(=O)(=O)c1cccc(NC(=O)C[C@H](NC(N)=O)c2ccccc2)c1. The Kier molecular flexibility index (Phi) is 6.99. The van der Waals surface area contributed by atoms with Gasteiger partial charge in [-0.15, -0.1) is 0 Å². The van der Waals surface area contributed by atoms with Crippen LogP contribution in [0.5, 0.6) is 0 Å². The molecule has 5 N–H and O–H groups in total. The number of sulfonamides is 1. The Labute approximate surface area is 170 Å². The minimum Gasteiger partial charge on any atom is -0.352 e. The van der Waals surface area contributed by atoms with Gasteiger partial charge in [0.2, 0.25) is 15.9 Å². The molecule has 8 nitrogen and oxygen atoms in total. The normalized spacial score (nSPS) is 12.8. The van der Waals surface area contributed by atoms with E-state index in [1.807, 2.05) is 6.07 Å². The topological polar surface area (TPSA) is 130 Å². The number of benzene rings is 2. The lowest BCUT2D eigenvalue weighted by atomic mass is 10.0. The van der Waals surface area contributed by atoms with Crippen LogP contribution in [0.2, 0.25) is 0 Å². The molecule has 9 heteroatoms. The lowest BCUT2D eigenvalue weighted by Crippen LogP contribution is -2.40. The third-order valence-corrected chi connectivity index (χ3v) is 5.53. The van der Waals surface area contributed by atoms with Crippen molar-refractivity contribution in [3.05, 3.63) is 60.2 Å². The van der Waals surface area contributed by atoms with Crippen molar-refractivity contribution in [2.24, 2.45) is 5.73 Å². The first-order chi connectivity index (χ1) is 13.5. The number of carbonyl (C=O) groups is 2. The van der Waals surface area contributed by atoms with Crippen molar-refractivity contribution in [3.8, 4) is 0 Å². The van der Waals surface area contributed by atoms with Gasteiger partial charge in [-0.1, -0.05) is 36.4 Å². The third-order valence-electron chi connectivity index (χ3n) is 3.78. The van der Waals surface area contributed by atoms with Crippen LogP contribution in [0.4, 0.5) is 10.5 Å². The molecular weight excluding hydrogens is 392 g/mol. The molecule has 0 radical (unpaired) electrons. The average Bonchev–Trinajstić information content (AvgIpc) is 2.60. The second-order valence-electron chi connectivity index (χ2n) is 7.61. The standard InChI is InChI=1S/C20H26N4O4S/c1-20(2,3)24-29(27,28)16-11-7-10-15(12-16)22-18(25)13-17(23-19(21)26)14-8-5-4-6-9-14/h4-12,17,24H,13H2,1-3H3,(H,22,25)(H3,21,23,26)/t17-/m0/s1. The lowest BCUT2D eigenvalue weighted by Gasteiger charge is -2.21. The van der Waals surface area contributed by atoms with Crippen molar-refractivity contribution in [2.45, 2.75) is 43.7 Å². The Hall–Kier alpha value is -2.91. The molecule has 3 amide bonds. The summed E-state index contributed by atoms with van der Waals surface area (Å²) in [5.74, 6) is -0.397. The van der Waals surface area contributed by atoms with Crippen LogP contribution in [0.1, 0.15) is 38.8 Å². The summed E-state index contributed by atoms with van der Waals surface area (Å²) in [5, 5.41) is 5.21. The Morgan fingerprint density at radius 1 is 1.03 bits per heavy atom. The van der Waals surface area contributed by atoms with E-state index >= 15 is 0 Å². The van der Waals surface area contributed by atoms with Gasteiger partial charge in [-0.25, -0.2) is 17.9 Å². The van der Waals surface area contributed by atoms with E-state index in [-0.39, 0.29) is 11.3 Å². The molecule has 2 aromatic rings. The highest BCUT2D eigenvalue weighted by Crippen LogP contribution is 2.20. The van der Waals surface area contributed by atoms with Gasteiger partial charge in [0.05, 0.1) is 17.4 Å². The van der Waals surface area contributed by atoms with Crippen LogP contribution in [-0.2, 0) is 14.8 Å². The Morgan fingerprint density at radius 2 is 1.69 bits per heavy atom. The van der Waals surface area contributed by atoms with Crippen LogP contribution in [0.3, 0.4) is 0 Å². The lowest BCUT2D eigenvalue weighted by molar-refractivity contribution is -0.116. The van der Waals surface area contributed by atoms with E-state index in [2.05, 4.69) is 15.4 Å². The molecular formula is C20H26N4O4S. The highest BCUT2D eigenvalue weighted by Gasteiger charge is 2.23. The van der Waals surface area contributed by atoms with Gasteiger partial charge in [-0.05, 0) is 44.5 Å². The quantitative estimate of drug-likeness (QED) is 0.550. The zero-order chi connectivity index (χ0) is 21.7. The first-order valence-electron chi connectivity index (χ1n) is 9.01. The average molecular weight is 419 g/mol. The van der Waals surface area contributed by atoms with E-state index in [9.17, 15) is 18.0 Å². The molecule has 0 aliphatic carbocycles. The van der Waals surface area contributed by atoms with Crippen LogP contribution >= 0.6 is 0 Å². The molecule has 0 aliphatic heterocycles. The molecule has 2 aromatic carbocycles. The van der Waals surface area contributed by atoms with Crippen LogP contribution < -0.4 is 21.1 Å². The predicted molar refractivity (Wildman–Crippen MR) is 112 cm³/mol. The van der Waals surface area contributed by atoms with Gasteiger partial charge in [-0.3, -0.25) is 4.79 Å². The number of carbonyl (C=O) groups excluding carboxylic acids is 2. The number of nitrogens with two attached hydrogens (primary N) is 1. The third kappa shape index (κ3) is 7.20. The molecule has 2 rings (SSSR count). The number of hydrogen-bond donors (Lipinski definition) is 4. The summed E-state index contributed by atoms with van der Waals surface area (Å²) in [6.45, 7) is 5.23. The Bertz CT molecular complexity index is 969. The second-order valence-corrected chi connectivity index (χ2v) is 9.29. The highest BCUT2D eigenvalue weighted by molar-refractivity contribution is 7.89. The van der Waals surface area contributed by atoms with E-state index in [4.69, 9.17) is 5.73 Å². The fourth-order valence-corrected chi connectivity index (χ4v) is 4.17. The summed E-state index contributed by atoms with van der Waals surface area (Å²) in [6.07, 6.45) is -0.0653. The highest BCUT2D eigenvalue weighted by atomic mass is 32.2. The summed E-state index contributed by atoms with van der Waals surface area (Å²) in [7, 11) is -3.73. The minimum absolute atomic E-state index is 0.0418. The van der Waals surface area contributed by atoms with Gasteiger partial charge < -0.3 is 16.4 Å². The van der Waals surface area contributed by atoms with Crippen LogP contribution in [-0.4, -0.2) is 25.9 Å². The van der Waals surface area contributed by atoms with Gasteiger partial charge in [0, 0.05) is 11.2 Å². The number of primary amides is 1. The van der Waals surface area contributed by atoms with Gasteiger partial charge in [0.25, 0.3) is 0 Å². The van der Waals surface area contributed by atoms with Crippen molar-refractivity contribution in [2.75, 3.05) is 5.32 Å². The number of hydrogen-bond acceptors (Lipinski definition) is 4. The summed E-state index contributed by atoms with van der Waals surface area (Å²) in [6, 6.07) is 13.6. The fraction of sp³-hybridized carbons (Fsp3) is 0.300. The maximum Gasteiger partial charge on any atom is 0.312 e. The largest absolute Gasteiger partial charge is 0.352 e. The summed E-state index contributed by atoms with van der Waals surface area (Å²) in [5.41, 5.74) is 5.64. The van der Waals surface area contributed by atoms with E-state index < -0.39 is 33.5 Å². The minimum atomic E-state index is -3.73. The maximum atomic E-state index is 12.5. The van der Waals surface area contributed by atoms with Crippen LogP contribution in [0, 0.1) is 0 Å². The molecule has 0 fully saturated rings. The molecule has 0 aromatic heterocycles. The Morgan fingerprint density at radius 3 is 2.28 bits per heavy atom. The van der Waals surface area contributed by atoms with Gasteiger partial charge in [-0.2, -0.15) is 0 Å². The van der Waals surface area contributed by atoms with Crippen molar-refractivity contribution >= 4 is 27.6 Å². The zero-order valence-corrected chi connectivity index (χ0v) is 17.4. The van der Waals surface area contributed by atoms with Crippen molar-refractivity contribution < 1.29 is 18.0 Å². The van der Waals surface area contributed by atoms with Gasteiger partial charge in [0.15, 0.2) is 0 Å². The van der Waals surface area contributed by atoms with Crippen molar-refractivity contribution in [1.29, 1.82) is 0 Å². The van der Waals surface area contributed by atoms with Gasteiger partial charge in [0.1, 0.15) is 0 Å². The van der Waals surface area contributed by atoms with E-state index in [1.165, 1.54) is 12.1 Å². The zero-order valence-electron chi connectivity index (χ0n) is 16.6. The molecule has 0 saturated heterocycles. The van der Waals surface area contributed by atoms with E-state index in [1.54, 1.807) is 57.2 Å². The summed E-state index contributed by atoms with van der Waals surface area (Å²) < 4.78 is 27.5. The van der Waals surface area contributed by atoms with Crippen LogP contribution in [0.15, 0.2) is 59.5 Å². The molecule has 0 bridgehead atoms. The molecule has 1 atom stereocenters. The first kappa shape index (κ1) is 22.4. The van der Waals surface area contributed by atoms with Crippen LogP contribution in [0.25, 0.3) is 0 Å². The van der Waals surface area contributed by atoms with E-state index in [0.29, 0.717) is 5.69 Å². The monoisotopic (exact) mass is 418 g/mol. The molecule has 0 aliphatic rings. The number of rotatable bonds is 7. The molecule has 0 spiro atoms. The molecule has 0 unspecified atom stereocenters. The fourth-order valence-electron chi connectivity index (χ4n) is 2.71. The summed E-state index contributed by atoms with van der Waals surface area (Å²) >= 11 is 0. The number of urea groups is 1. The molecule has 156 valence electrons. The number of amides is 3. The molecule has 0 heterocycles. The maximum absolute atomic E-state index is 12.5. The smallest absolute Gasteiger partial charge is 0.312 e. The Balaban J connectivity index is 2.15. The van der Waals surface area contributed by atoms with Crippen molar-refractivity contribution in [3.63, 3.8) is 0 Å².